The molecule has 2 heterocycles. The minimum Gasteiger partial charge on any atom is -0.368 e. The lowest BCUT2D eigenvalue weighted by Crippen LogP contribution is -2.59. The van der Waals surface area contributed by atoms with Crippen LogP contribution in [0.2, 0.25) is 0 Å². The topological polar surface area (TPSA) is 155 Å². The summed E-state index contributed by atoms with van der Waals surface area (Å²) in [4.78, 5) is 42.4. The van der Waals surface area contributed by atoms with Gasteiger partial charge in [0, 0.05) is 18.5 Å². The number of hydrogen-bond acceptors (Lipinski definition) is 7. The van der Waals surface area contributed by atoms with Gasteiger partial charge in [-0.15, -0.1) is 11.3 Å². The molecule has 4 N–H and O–H groups in total. The number of thiazole rings is 1. The van der Waals surface area contributed by atoms with E-state index in [0.717, 1.165) is 9.21 Å². The largest absolute Gasteiger partial charge is 0.368 e. The number of piperazine rings is 1. The van der Waals surface area contributed by atoms with Gasteiger partial charge in [0.2, 0.25) is 17.7 Å². The quantitative estimate of drug-likeness (QED) is 0.428. The molecule has 3 amide bonds. The number of rotatable bonds is 9. The van der Waals surface area contributed by atoms with Crippen molar-refractivity contribution in [2.45, 2.75) is 25.4 Å². The lowest BCUT2D eigenvalue weighted by Gasteiger charge is -2.32. The van der Waals surface area contributed by atoms with Crippen molar-refractivity contribution in [3.05, 3.63) is 46.8 Å². The van der Waals surface area contributed by atoms with Gasteiger partial charge >= 0.3 is 0 Å². The predicted molar refractivity (Wildman–Crippen MR) is 119 cm³/mol. The normalized spacial score (nSPS) is 16.7. The van der Waals surface area contributed by atoms with Crippen LogP contribution in [0.25, 0.3) is 0 Å². The third kappa shape index (κ3) is 5.68. The van der Waals surface area contributed by atoms with E-state index in [1.165, 1.54) is 23.8 Å². The number of carbonyl (C=O) groups excluding carboxylic acids is 3. The van der Waals surface area contributed by atoms with Crippen LogP contribution in [0.3, 0.4) is 0 Å². The highest BCUT2D eigenvalue weighted by Crippen LogP contribution is 2.20. The van der Waals surface area contributed by atoms with Crippen LogP contribution in [0.15, 0.2) is 41.2 Å². The van der Waals surface area contributed by atoms with E-state index in [1.54, 1.807) is 35.7 Å². The van der Waals surface area contributed by atoms with Gasteiger partial charge in [-0.05, 0) is 18.9 Å². The van der Waals surface area contributed by atoms with Crippen molar-refractivity contribution >= 4 is 45.1 Å². The van der Waals surface area contributed by atoms with Gasteiger partial charge in [-0.25, -0.2) is 4.98 Å². The summed E-state index contributed by atoms with van der Waals surface area (Å²) in [6.45, 7) is 1.33. The number of amides is 3. The van der Waals surface area contributed by atoms with Gasteiger partial charge in [0.1, 0.15) is 17.9 Å². The first-order valence-electron chi connectivity index (χ1n) is 9.77. The van der Waals surface area contributed by atoms with Gasteiger partial charge in [-0.2, -0.15) is 17.4 Å². The Morgan fingerprint density at radius 1 is 1.34 bits per heavy atom. The molecule has 0 radical (unpaired) electrons. The Bertz CT molecular complexity index is 1060. The van der Waals surface area contributed by atoms with Crippen LogP contribution in [0, 0.1) is 0 Å². The molecule has 0 unspecified atom stereocenters. The maximum Gasteiger partial charge on any atom is 0.280 e. The van der Waals surface area contributed by atoms with Crippen LogP contribution in [0.4, 0.5) is 5.82 Å². The molecule has 0 spiro atoms. The number of nitrogens with one attached hydrogen (secondary N) is 2. The van der Waals surface area contributed by atoms with E-state index in [0.29, 0.717) is 5.56 Å². The summed E-state index contributed by atoms with van der Waals surface area (Å²) < 4.78 is 29.4. The van der Waals surface area contributed by atoms with Crippen molar-refractivity contribution < 1.29 is 22.8 Å². The molecule has 1 aliphatic heterocycles. The van der Waals surface area contributed by atoms with E-state index < -0.39 is 40.0 Å². The molecule has 2 aromatic rings. The van der Waals surface area contributed by atoms with Gasteiger partial charge in [0.25, 0.3) is 10.2 Å². The van der Waals surface area contributed by atoms with Crippen molar-refractivity contribution in [1.82, 2.24) is 19.3 Å². The van der Waals surface area contributed by atoms with E-state index in [1.807, 2.05) is 0 Å². The first-order valence-corrected chi connectivity index (χ1v) is 12.2. The number of anilines is 1. The second-order valence-electron chi connectivity index (χ2n) is 7.18. The minimum atomic E-state index is -4.19. The van der Waals surface area contributed by atoms with E-state index >= 15 is 0 Å². The molecule has 3 rings (SSSR count). The molecule has 0 bridgehead atoms. The molecule has 11 nitrogen and oxygen atoms in total. The maximum absolute atomic E-state index is 13.6. The summed E-state index contributed by atoms with van der Waals surface area (Å²) >= 11 is 1.22. The Morgan fingerprint density at radius 2 is 2.06 bits per heavy atom. The highest BCUT2D eigenvalue weighted by Gasteiger charge is 2.37. The molecule has 1 saturated heterocycles. The molecule has 0 saturated carbocycles. The highest BCUT2D eigenvalue weighted by atomic mass is 32.2. The fraction of sp³-hybridized carbons (Fsp3) is 0.368. The monoisotopic (exact) mass is 480 g/mol. The number of carbonyl (C=O) groups is 3. The third-order valence-electron chi connectivity index (χ3n) is 4.92. The first kappa shape index (κ1) is 23.8. The molecular formula is C19H24N6O5S2. The van der Waals surface area contributed by atoms with Crippen LogP contribution in [0.5, 0.6) is 0 Å². The van der Waals surface area contributed by atoms with Gasteiger partial charge in [-0.3, -0.25) is 19.3 Å². The van der Waals surface area contributed by atoms with Gasteiger partial charge in [0.15, 0.2) is 0 Å². The predicted octanol–water partition coefficient (Wildman–Crippen LogP) is -0.773. The van der Waals surface area contributed by atoms with Gasteiger partial charge in [-0.1, -0.05) is 30.3 Å². The molecule has 32 heavy (non-hydrogen) atoms. The Hall–Kier alpha value is -2.87. The summed E-state index contributed by atoms with van der Waals surface area (Å²) in [6.07, 6.45) is 0.0189. The second-order valence-corrected chi connectivity index (χ2v) is 9.60. The van der Waals surface area contributed by atoms with Crippen molar-refractivity contribution in [2.75, 3.05) is 24.5 Å². The standard InChI is InChI=1S/C19H24N6O5S2/c1-13(18(20)27)25(16-11-31-12-22-16)19(28)15(9-14-5-3-2-4-6-14)23-32(29,30)24-8-7-21-17(26)10-24/h2-6,11-13,15,23H,7-10H2,1H3,(H2,20,27)(H,21,26)/t13-,15-/m0/s1. The van der Waals surface area contributed by atoms with Crippen LogP contribution in [-0.4, -0.2) is 67.1 Å². The number of benzene rings is 1. The molecule has 13 heteroatoms. The maximum atomic E-state index is 13.6. The van der Waals surface area contributed by atoms with Crippen LogP contribution < -0.4 is 20.7 Å². The third-order valence-corrected chi connectivity index (χ3v) is 7.07. The number of aromatic nitrogens is 1. The Labute approximate surface area is 189 Å². The molecule has 172 valence electrons. The van der Waals surface area contributed by atoms with E-state index in [-0.39, 0.29) is 31.9 Å². The van der Waals surface area contributed by atoms with E-state index in [9.17, 15) is 22.8 Å². The lowest BCUT2D eigenvalue weighted by atomic mass is 10.0. The Morgan fingerprint density at radius 3 is 2.66 bits per heavy atom. The average molecular weight is 481 g/mol. The molecule has 2 atom stereocenters. The molecular weight excluding hydrogens is 456 g/mol. The molecule has 1 aromatic heterocycles. The second kappa shape index (κ2) is 10.2. The lowest BCUT2D eigenvalue weighted by molar-refractivity contribution is -0.125. The van der Waals surface area contributed by atoms with Crippen molar-refractivity contribution in [3.8, 4) is 0 Å². The molecule has 0 aliphatic carbocycles. The summed E-state index contributed by atoms with van der Waals surface area (Å²) in [5.41, 5.74) is 7.64. The fourth-order valence-electron chi connectivity index (χ4n) is 3.23. The van der Waals surface area contributed by atoms with Crippen LogP contribution in [-0.2, 0) is 31.0 Å². The summed E-state index contributed by atoms with van der Waals surface area (Å²) in [5, 5.41) is 4.13. The SMILES string of the molecule is C[C@@H](C(N)=O)N(C(=O)[C@H](Cc1ccccc1)NS(=O)(=O)N1CCNC(=O)C1)c1cscn1. The molecule has 1 aliphatic rings. The Kier molecular flexibility index (Phi) is 7.56. The molecule has 1 aromatic carbocycles. The molecule has 1 fully saturated rings. The summed E-state index contributed by atoms with van der Waals surface area (Å²) in [6, 6.07) is 6.52. The average Bonchev–Trinajstić information content (AvgIpc) is 3.28. The van der Waals surface area contributed by atoms with E-state index in [2.05, 4.69) is 15.0 Å². The van der Waals surface area contributed by atoms with Crippen LogP contribution in [0.1, 0.15) is 12.5 Å². The van der Waals surface area contributed by atoms with Crippen LogP contribution >= 0.6 is 11.3 Å². The van der Waals surface area contributed by atoms with Crippen molar-refractivity contribution in [3.63, 3.8) is 0 Å². The minimum absolute atomic E-state index is 0.0189. The van der Waals surface area contributed by atoms with Crippen molar-refractivity contribution in [1.29, 1.82) is 0 Å². The summed E-state index contributed by atoms with van der Waals surface area (Å²) in [5.74, 6) is -1.68. The van der Waals surface area contributed by atoms with E-state index in [4.69, 9.17) is 5.73 Å². The fourth-order valence-corrected chi connectivity index (χ4v) is 5.06. The number of nitrogens with two attached hydrogens (primary N) is 1. The van der Waals surface area contributed by atoms with Crippen molar-refractivity contribution in [2.24, 2.45) is 5.73 Å². The number of nitrogens with zero attached hydrogens (tertiary/aromatic N) is 3. The van der Waals surface area contributed by atoms with Gasteiger partial charge in [0.05, 0.1) is 12.1 Å². The highest BCUT2D eigenvalue weighted by molar-refractivity contribution is 7.87. The zero-order valence-electron chi connectivity index (χ0n) is 17.3. The van der Waals surface area contributed by atoms with Gasteiger partial charge < -0.3 is 11.1 Å². The zero-order valence-corrected chi connectivity index (χ0v) is 18.9. The number of primary amides is 1. The number of hydrogen-bond donors (Lipinski definition) is 3. The first-order chi connectivity index (χ1) is 15.2. The zero-order chi connectivity index (χ0) is 23.3. The smallest absolute Gasteiger partial charge is 0.280 e. The Balaban J connectivity index is 1.94. The summed E-state index contributed by atoms with van der Waals surface area (Å²) in [7, 11) is -4.19.